The lowest BCUT2D eigenvalue weighted by molar-refractivity contribution is -0.136. The first-order valence-electron chi connectivity index (χ1n) is 8.64. The third-order valence-corrected chi connectivity index (χ3v) is 4.67. The van der Waals surface area contributed by atoms with Gasteiger partial charge in [-0.3, -0.25) is 9.59 Å². The van der Waals surface area contributed by atoms with Crippen molar-refractivity contribution in [3.05, 3.63) is 10.6 Å². The van der Waals surface area contributed by atoms with E-state index in [-0.39, 0.29) is 23.8 Å². The van der Waals surface area contributed by atoms with Gasteiger partial charge in [-0.15, -0.1) is 11.3 Å². The molecule has 1 aromatic heterocycles. The number of hydrogen-bond acceptors (Lipinski definition) is 5. The predicted octanol–water partition coefficient (Wildman–Crippen LogP) is 2.91. The van der Waals surface area contributed by atoms with Crippen molar-refractivity contribution in [3.8, 4) is 0 Å². The molecule has 0 unspecified atom stereocenters. The highest BCUT2D eigenvalue weighted by molar-refractivity contribution is 7.15. The SMILES string of the molecule is Cc1nc(NC(=O)CN(CCCN(C)C)C(=O)CC(C)(C)C)sc1C. The molecule has 1 N–H and O–H groups in total. The summed E-state index contributed by atoms with van der Waals surface area (Å²) in [5, 5.41) is 3.41. The molecule has 0 atom stereocenters. The monoisotopic (exact) mass is 368 g/mol. The minimum absolute atomic E-state index is 0.0212. The van der Waals surface area contributed by atoms with Gasteiger partial charge >= 0.3 is 0 Å². The van der Waals surface area contributed by atoms with Crippen molar-refractivity contribution in [2.24, 2.45) is 5.41 Å². The van der Waals surface area contributed by atoms with Gasteiger partial charge in [-0.2, -0.15) is 0 Å². The number of amides is 2. The van der Waals surface area contributed by atoms with Crippen LogP contribution in [0.15, 0.2) is 0 Å². The summed E-state index contributed by atoms with van der Waals surface area (Å²) in [6, 6.07) is 0. The molecule has 1 aromatic rings. The molecule has 0 saturated heterocycles. The van der Waals surface area contributed by atoms with Crippen LogP contribution in [-0.4, -0.2) is 60.3 Å². The number of anilines is 1. The van der Waals surface area contributed by atoms with Crippen LogP contribution in [0.3, 0.4) is 0 Å². The number of aryl methyl sites for hydroxylation is 2. The Labute approximate surface area is 155 Å². The molecule has 7 heteroatoms. The summed E-state index contributed by atoms with van der Waals surface area (Å²) in [6.07, 6.45) is 1.27. The smallest absolute Gasteiger partial charge is 0.245 e. The molecule has 2 amide bonds. The van der Waals surface area contributed by atoms with E-state index in [1.807, 2.05) is 48.7 Å². The van der Waals surface area contributed by atoms with Crippen LogP contribution < -0.4 is 5.32 Å². The lowest BCUT2D eigenvalue weighted by Gasteiger charge is -2.26. The maximum absolute atomic E-state index is 12.6. The molecule has 1 rings (SSSR count). The number of rotatable bonds is 8. The van der Waals surface area contributed by atoms with Crippen LogP contribution in [0.4, 0.5) is 5.13 Å². The zero-order chi connectivity index (χ0) is 19.2. The summed E-state index contributed by atoms with van der Waals surface area (Å²) in [5.74, 6) is -0.172. The van der Waals surface area contributed by atoms with Gasteiger partial charge in [-0.25, -0.2) is 4.98 Å². The average molecular weight is 369 g/mol. The number of thiazole rings is 1. The molecule has 0 spiro atoms. The predicted molar refractivity (Wildman–Crippen MR) is 104 cm³/mol. The van der Waals surface area contributed by atoms with Gasteiger partial charge in [0, 0.05) is 17.8 Å². The first-order valence-corrected chi connectivity index (χ1v) is 9.46. The van der Waals surface area contributed by atoms with Crippen LogP contribution >= 0.6 is 11.3 Å². The van der Waals surface area contributed by atoms with Crippen LogP contribution in [0.25, 0.3) is 0 Å². The normalized spacial score (nSPS) is 11.7. The van der Waals surface area contributed by atoms with E-state index in [2.05, 4.69) is 15.2 Å². The van der Waals surface area contributed by atoms with E-state index in [4.69, 9.17) is 0 Å². The van der Waals surface area contributed by atoms with Gasteiger partial charge in [0.25, 0.3) is 0 Å². The van der Waals surface area contributed by atoms with E-state index in [9.17, 15) is 9.59 Å². The molecular weight excluding hydrogens is 336 g/mol. The highest BCUT2D eigenvalue weighted by atomic mass is 32.1. The fourth-order valence-corrected chi connectivity index (χ4v) is 3.12. The zero-order valence-electron chi connectivity index (χ0n) is 16.6. The molecule has 0 aromatic carbocycles. The van der Waals surface area contributed by atoms with Crippen LogP contribution in [-0.2, 0) is 9.59 Å². The van der Waals surface area contributed by atoms with Crippen molar-refractivity contribution in [1.29, 1.82) is 0 Å². The van der Waals surface area contributed by atoms with Crippen LogP contribution in [0.2, 0.25) is 0 Å². The Kier molecular flexibility index (Phi) is 8.02. The van der Waals surface area contributed by atoms with Gasteiger partial charge in [0.15, 0.2) is 5.13 Å². The summed E-state index contributed by atoms with van der Waals surface area (Å²) >= 11 is 1.46. The van der Waals surface area contributed by atoms with Crippen molar-refractivity contribution < 1.29 is 9.59 Å². The van der Waals surface area contributed by atoms with Crippen molar-refractivity contribution >= 4 is 28.3 Å². The van der Waals surface area contributed by atoms with Crippen molar-refractivity contribution in [2.45, 2.75) is 47.5 Å². The summed E-state index contributed by atoms with van der Waals surface area (Å²) < 4.78 is 0. The van der Waals surface area contributed by atoms with Gasteiger partial charge in [0.1, 0.15) is 0 Å². The number of aromatic nitrogens is 1. The van der Waals surface area contributed by atoms with Crippen molar-refractivity contribution in [3.63, 3.8) is 0 Å². The molecule has 6 nitrogen and oxygen atoms in total. The van der Waals surface area contributed by atoms with Crippen molar-refractivity contribution in [2.75, 3.05) is 39.0 Å². The van der Waals surface area contributed by atoms with Crippen LogP contribution in [0.1, 0.15) is 44.2 Å². The first kappa shape index (κ1) is 21.6. The average Bonchev–Trinajstić information content (AvgIpc) is 2.73. The molecule has 0 bridgehead atoms. The Morgan fingerprint density at radius 3 is 2.28 bits per heavy atom. The Hall–Kier alpha value is -1.47. The van der Waals surface area contributed by atoms with E-state index in [0.717, 1.165) is 23.5 Å². The molecule has 0 saturated carbocycles. The second-order valence-corrected chi connectivity index (χ2v) is 9.12. The number of carbonyl (C=O) groups excluding carboxylic acids is 2. The number of carbonyl (C=O) groups is 2. The van der Waals surface area contributed by atoms with E-state index in [1.165, 1.54) is 11.3 Å². The summed E-state index contributed by atoms with van der Waals surface area (Å²) in [6.45, 7) is 11.5. The number of nitrogens with zero attached hydrogens (tertiary/aromatic N) is 3. The van der Waals surface area contributed by atoms with Gasteiger partial charge in [-0.1, -0.05) is 20.8 Å². The molecule has 0 fully saturated rings. The lowest BCUT2D eigenvalue weighted by atomic mass is 9.91. The van der Waals surface area contributed by atoms with Crippen LogP contribution in [0.5, 0.6) is 0 Å². The third-order valence-electron chi connectivity index (χ3n) is 3.68. The molecule has 25 heavy (non-hydrogen) atoms. The van der Waals surface area contributed by atoms with Gasteiger partial charge < -0.3 is 15.1 Å². The second-order valence-electron chi connectivity index (χ2n) is 7.92. The minimum atomic E-state index is -0.194. The molecule has 1 heterocycles. The van der Waals surface area contributed by atoms with E-state index in [1.54, 1.807) is 4.90 Å². The number of nitrogens with one attached hydrogen (secondary N) is 1. The largest absolute Gasteiger partial charge is 0.333 e. The molecule has 0 aliphatic carbocycles. The Bertz CT molecular complexity index is 571. The Morgan fingerprint density at radius 1 is 1.16 bits per heavy atom. The highest BCUT2D eigenvalue weighted by Crippen LogP contribution is 2.22. The van der Waals surface area contributed by atoms with E-state index < -0.39 is 0 Å². The van der Waals surface area contributed by atoms with E-state index >= 15 is 0 Å². The van der Waals surface area contributed by atoms with Crippen LogP contribution in [0, 0.1) is 19.3 Å². The fourth-order valence-electron chi connectivity index (χ4n) is 2.29. The molecule has 0 aliphatic heterocycles. The fraction of sp³-hybridized carbons (Fsp3) is 0.722. The van der Waals surface area contributed by atoms with E-state index in [0.29, 0.717) is 18.1 Å². The molecule has 0 aliphatic rings. The standard InChI is InChI=1S/C18H32N4O2S/c1-13-14(2)25-17(19-13)20-15(23)12-22(10-8-9-21(6)7)16(24)11-18(3,4)5/h8-12H2,1-7H3,(H,19,20,23). The Morgan fingerprint density at radius 2 is 1.80 bits per heavy atom. The highest BCUT2D eigenvalue weighted by Gasteiger charge is 2.23. The van der Waals surface area contributed by atoms with Crippen molar-refractivity contribution in [1.82, 2.24) is 14.8 Å². The maximum atomic E-state index is 12.6. The first-order chi connectivity index (χ1) is 11.5. The molecular formula is C18H32N4O2S. The second kappa shape index (κ2) is 9.29. The quantitative estimate of drug-likeness (QED) is 0.766. The zero-order valence-corrected chi connectivity index (χ0v) is 17.4. The number of hydrogen-bond donors (Lipinski definition) is 1. The minimum Gasteiger partial charge on any atom is -0.333 e. The third kappa shape index (κ3) is 8.45. The summed E-state index contributed by atoms with van der Waals surface area (Å²) in [7, 11) is 4.00. The Balaban J connectivity index is 2.69. The van der Waals surface area contributed by atoms with Gasteiger partial charge in [0.05, 0.1) is 12.2 Å². The van der Waals surface area contributed by atoms with Gasteiger partial charge in [0.2, 0.25) is 11.8 Å². The summed E-state index contributed by atoms with van der Waals surface area (Å²) in [4.78, 5) is 34.1. The summed E-state index contributed by atoms with van der Waals surface area (Å²) in [5.41, 5.74) is 0.823. The topological polar surface area (TPSA) is 65.5 Å². The molecule has 142 valence electrons. The maximum Gasteiger partial charge on any atom is 0.245 e. The molecule has 0 radical (unpaired) electrons. The van der Waals surface area contributed by atoms with Gasteiger partial charge in [-0.05, 0) is 46.3 Å². The lowest BCUT2D eigenvalue weighted by Crippen LogP contribution is -2.40.